The SMILES string of the molecule is CC(=O)NCC1Cc2ccccc2CO1. The molecule has 15 heavy (non-hydrogen) atoms. The normalized spacial score (nSPS) is 19.4. The Morgan fingerprint density at radius 1 is 1.47 bits per heavy atom. The number of ether oxygens (including phenoxy) is 1. The number of rotatable bonds is 2. The second kappa shape index (κ2) is 4.45. The maximum Gasteiger partial charge on any atom is 0.216 e. The molecule has 1 aliphatic rings. The number of fused-ring (bicyclic) bond motifs is 1. The van der Waals surface area contributed by atoms with E-state index in [9.17, 15) is 4.79 Å². The predicted octanol–water partition coefficient (Wildman–Crippen LogP) is 1.26. The van der Waals surface area contributed by atoms with Gasteiger partial charge in [0.05, 0.1) is 12.7 Å². The molecule has 3 heteroatoms. The maximum atomic E-state index is 10.8. The first-order valence-electron chi connectivity index (χ1n) is 5.18. The molecule has 1 aromatic carbocycles. The fraction of sp³-hybridized carbons (Fsp3) is 0.417. The van der Waals surface area contributed by atoms with Gasteiger partial charge in [-0.25, -0.2) is 0 Å². The molecule has 1 aliphatic heterocycles. The minimum absolute atomic E-state index is 0.00235. The summed E-state index contributed by atoms with van der Waals surface area (Å²) in [7, 11) is 0. The highest BCUT2D eigenvalue weighted by Crippen LogP contribution is 2.19. The minimum atomic E-state index is -0.00235. The largest absolute Gasteiger partial charge is 0.371 e. The van der Waals surface area contributed by atoms with Gasteiger partial charge in [-0.3, -0.25) is 4.79 Å². The molecular weight excluding hydrogens is 190 g/mol. The summed E-state index contributed by atoms with van der Waals surface area (Å²) in [6.45, 7) is 2.78. The van der Waals surface area contributed by atoms with Gasteiger partial charge in [-0.1, -0.05) is 24.3 Å². The van der Waals surface area contributed by atoms with E-state index in [0.717, 1.165) is 6.42 Å². The van der Waals surface area contributed by atoms with Crippen molar-refractivity contribution < 1.29 is 9.53 Å². The highest BCUT2D eigenvalue weighted by molar-refractivity contribution is 5.72. The monoisotopic (exact) mass is 205 g/mol. The van der Waals surface area contributed by atoms with Gasteiger partial charge < -0.3 is 10.1 Å². The fourth-order valence-corrected chi connectivity index (χ4v) is 1.80. The summed E-state index contributed by atoms with van der Waals surface area (Å²) in [4.78, 5) is 10.8. The third-order valence-electron chi connectivity index (χ3n) is 2.62. The van der Waals surface area contributed by atoms with E-state index in [1.807, 2.05) is 12.1 Å². The molecule has 0 radical (unpaired) electrons. The Kier molecular flexibility index (Phi) is 3.02. The van der Waals surface area contributed by atoms with Crippen molar-refractivity contribution in [2.75, 3.05) is 6.54 Å². The van der Waals surface area contributed by atoms with Gasteiger partial charge in [0, 0.05) is 19.9 Å². The van der Waals surface area contributed by atoms with E-state index >= 15 is 0 Å². The minimum Gasteiger partial charge on any atom is -0.371 e. The number of amides is 1. The summed E-state index contributed by atoms with van der Waals surface area (Å²) < 4.78 is 5.64. The molecule has 0 aliphatic carbocycles. The van der Waals surface area contributed by atoms with Crippen LogP contribution in [0.2, 0.25) is 0 Å². The lowest BCUT2D eigenvalue weighted by Gasteiger charge is -2.25. The van der Waals surface area contributed by atoms with Gasteiger partial charge in [0.1, 0.15) is 0 Å². The molecule has 80 valence electrons. The van der Waals surface area contributed by atoms with Crippen molar-refractivity contribution in [3.63, 3.8) is 0 Å². The molecule has 0 saturated heterocycles. The highest BCUT2D eigenvalue weighted by Gasteiger charge is 2.18. The van der Waals surface area contributed by atoms with Crippen LogP contribution in [0.4, 0.5) is 0 Å². The first-order valence-corrected chi connectivity index (χ1v) is 5.18. The van der Waals surface area contributed by atoms with E-state index < -0.39 is 0 Å². The van der Waals surface area contributed by atoms with Gasteiger partial charge in [0.15, 0.2) is 0 Å². The molecule has 0 spiro atoms. The van der Waals surface area contributed by atoms with Crippen molar-refractivity contribution in [1.82, 2.24) is 5.32 Å². The van der Waals surface area contributed by atoms with Crippen LogP contribution in [0.5, 0.6) is 0 Å². The maximum absolute atomic E-state index is 10.8. The van der Waals surface area contributed by atoms with Gasteiger partial charge in [-0.15, -0.1) is 0 Å². The van der Waals surface area contributed by atoms with Crippen LogP contribution < -0.4 is 5.32 Å². The van der Waals surface area contributed by atoms with Gasteiger partial charge in [-0.2, -0.15) is 0 Å². The first kappa shape index (κ1) is 10.2. The fourth-order valence-electron chi connectivity index (χ4n) is 1.80. The number of hydrogen-bond acceptors (Lipinski definition) is 2. The molecule has 1 N–H and O–H groups in total. The number of benzene rings is 1. The van der Waals surface area contributed by atoms with Gasteiger partial charge in [0.25, 0.3) is 0 Å². The van der Waals surface area contributed by atoms with Crippen LogP contribution in [0.25, 0.3) is 0 Å². The molecule has 1 atom stereocenters. The van der Waals surface area contributed by atoms with Crippen molar-refractivity contribution in [3.8, 4) is 0 Å². The van der Waals surface area contributed by atoms with E-state index in [0.29, 0.717) is 13.2 Å². The topological polar surface area (TPSA) is 38.3 Å². The van der Waals surface area contributed by atoms with Crippen molar-refractivity contribution in [1.29, 1.82) is 0 Å². The summed E-state index contributed by atoms with van der Waals surface area (Å²) >= 11 is 0. The van der Waals surface area contributed by atoms with Crippen LogP contribution in [-0.2, 0) is 22.6 Å². The predicted molar refractivity (Wildman–Crippen MR) is 57.4 cm³/mol. The molecule has 0 fully saturated rings. The summed E-state index contributed by atoms with van der Waals surface area (Å²) in [6, 6.07) is 8.28. The Morgan fingerprint density at radius 2 is 2.20 bits per heavy atom. The summed E-state index contributed by atoms with van der Waals surface area (Å²) in [5, 5.41) is 2.78. The Morgan fingerprint density at radius 3 is 2.93 bits per heavy atom. The summed E-state index contributed by atoms with van der Waals surface area (Å²) in [6.07, 6.45) is 1.000. The summed E-state index contributed by atoms with van der Waals surface area (Å²) in [5.74, 6) is -0.00235. The first-order chi connectivity index (χ1) is 7.25. The van der Waals surface area contributed by atoms with Crippen molar-refractivity contribution in [2.45, 2.75) is 26.1 Å². The van der Waals surface area contributed by atoms with Crippen LogP contribution in [0.1, 0.15) is 18.1 Å². The Balaban J connectivity index is 1.96. The second-order valence-electron chi connectivity index (χ2n) is 3.84. The molecule has 1 aromatic rings. The average molecular weight is 205 g/mol. The molecule has 1 unspecified atom stereocenters. The standard InChI is InChI=1S/C12H15NO2/c1-9(14)13-7-12-6-10-4-2-3-5-11(10)8-15-12/h2-5,12H,6-8H2,1H3,(H,13,14). The quantitative estimate of drug-likeness (QED) is 0.789. The zero-order chi connectivity index (χ0) is 10.7. The molecule has 0 saturated carbocycles. The lowest BCUT2D eigenvalue weighted by molar-refractivity contribution is -0.119. The Labute approximate surface area is 89.4 Å². The lowest BCUT2D eigenvalue weighted by Crippen LogP contribution is -2.35. The van der Waals surface area contributed by atoms with Gasteiger partial charge in [0.2, 0.25) is 5.91 Å². The third kappa shape index (κ3) is 2.57. The number of nitrogens with one attached hydrogen (secondary N) is 1. The summed E-state index contributed by atoms with van der Waals surface area (Å²) in [5.41, 5.74) is 2.59. The van der Waals surface area contributed by atoms with Crippen LogP contribution in [0.3, 0.4) is 0 Å². The number of carbonyl (C=O) groups excluding carboxylic acids is 1. The van der Waals surface area contributed by atoms with E-state index in [2.05, 4.69) is 17.4 Å². The Hall–Kier alpha value is -1.35. The van der Waals surface area contributed by atoms with Crippen LogP contribution >= 0.6 is 0 Å². The van der Waals surface area contributed by atoms with Crippen LogP contribution in [-0.4, -0.2) is 18.6 Å². The van der Waals surface area contributed by atoms with Crippen LogP contribution in [0, 0.1) is 0 Å². The van der Waals surface area contributed by atoms with E-state index in [-0.39, 0.29) is 12.0 Å². The molecule has 1 heterocycles. The zero-order valence-corrected chi connectivity index (χ0v) is 8.82. The van der Waals surface area contributed by atoms with Crippen molar-refractivity contribution in [3.05, 3.63) is 35.4 Å². The highest BCUT2D eigenvalue weighted by atomic mass is 16.5. The Bertz CT molecular complexity index is 362. The lowest BCUT2D eigenvalue weighted by atomic mass is 9.99. The number of carbonyl (C=O) groups is 1. The van der Waals surface area contributed by atoms with Crippen molar-refractivity contribution in [2.24, 2.45) is 0 Å². The van der Waals surface area contributed by atoms with Crippen LogP contribution in [0.15, 0.2) is 24.3 Å². The molecule has 0 aromatic heterocycles. The molecule has 3 nitrogen and oxygen atoms in total. The van der Waals surface area contributed by atoms with Gasteiger partial charge in [-0.05, 0) is 11.1 Å². The van der Waals surface area contributed by atoms with Crippen molar-refractivity contribution >= 4 is 5.91 Å². The number of hydrogen-bond donors (Lipinski definition) is 1. The van der Waals surface area contributed by atoms with Gasteiger partial charge >= 0.3 is 0 Å². The van der Waals surface area contributed by atoms with E-state index in [1.54, 1.807) is 0 Å². The molecule has 0 bridgehead atoms. The van der Waals surface area contributed by atoms with E-state index in [4.69, 9.17) is 4.74 Å². The smallest absolute Gasteiger partial charge is 0.216 e. The third-order valence-corrected chi connectivity index (χ3v) is 2.62. The van der Waals surface area contributed by atoms with E-state index in [1.165, 1.54) is 18.1 Å². The molecule has 2 rings (SSSR count). The average Bonchev–Trinajstić information content (AvgIpc) is 2.26. The second-order valence-corrected chi connectivity index (χ2v) is 3.84. The molecule has 1 amide bonds. The zero-order valence-electron chi connectivity index (χ0n) is 8.82. The molecular formula is C12H15NO2.